The van der Waals surface area contributed by atoms with E-state index in [1.165, 1.54) is 27.8 Å². The molecule has 1 fully saturated rings. The van der Waals surface area contributed by atoms with Gasteiger partial charge in [0.2, 0.25) is 15.9 Å². The van der Waals surface area contributed by atoms with Crippen molar-refractivity contribution < 1.29 is 17.6 Å². The number of piperidine rings is 1. The Morgan fingerprint density at radius 3 is 2.53 bits per heavy atom. The fourth-order valence-corrected chi connectivity index (χ4v) is 7.19. The lowest BCUT2D eigenvalue weighted by atomic mass is 9.97. The Morgan fingerprint density at radius 2 is 1.81 bits per heavy atom. The topological polar surface area (TPSA) is 92.3 Å². The van der Waals surface area contributed by atoms with Crippen molar-refractivity contribution in [1.29, 1.82) is 0 Å². The zero-order valence-electron chi connectivity index (χ0n) is 17.0. The smallest absolute Gasteiger partial charge is 0.243 e. The van der Waals surface area contributed by atoms with E-state index in [1.807, 2.05) is 19.1 Å². The lowest BCUT2D eigenvalue weighted by Crippen LogP contribution is -2.41. The predicted octanol–water partition coefficient (Wildman–Crippen LogP) is 4.39. The Kier molecular flexibility index (Phi) is 5.44. The van der Waals surface area contributed by atoms with Crippen molar-refractivity contribution in [2.24, 2.45) is 5.92 Å². The van der Waals surface area contributed by atoms with Crippen molar-refractivity contribution in [3.63, 3.8) is 0 Å². The predicted molar refractivity (Wildman–Crippen MR) is 124 cm³/mol. The summed E-state index contributed by atoms with van der Waals surface area (Å²) in [5.74, 6) is -0.948. The van der Waals surface area contributed by atoms with E-state index >= 15 is 0 Å². The molecule has 166 valence electrons. The maximum atomic E-state index is 13.1. The molecule has 3 heterocycles. The van der Waals surface area contributed by atoms with Crippen LogP contribution in [-0.2, 0) is 14.8 Å². The number of fused-ring (bicyclic) bond motifs is 3. The second kappa shape index (κ2) is 8.14. The third-order valence-electron chi connectivity index (χ3n) is 5.53. The Balaban J connectivity index is 1.26. The van der Waals surface area contributed by atoms with Crippen molar-refractivity contribution in [2.45, 2.75) is 24.7 Å². The lowest BCUT2D eigenvalue weighted by molar-refractivity contribution is -0.120. The van der Waals surface area contributed by atoms with E-state index in [1.54, 1.807) is 11.3 Å². The molecule has 0 bridgehead atoms. The van der Waals surface area contributed by atoms with Crippen LogP contribution in [0.2, 0.25) is 0 Å². The molecule has 1 amide bonds. The number of anilines is 1. The summed E-state index contributed by atoms with van der Waals surface area (Å²) in [5, 5.41) is 4.40. The van der Waals surface area contributed by atoms with Gasteiger partial charge in [0.15, 0.2) is 5.13 Å². The van der Waals surface area contributed by atoms with E-state index < -0.39 is 15.8 Å². The summed E-state index contributed by atoms with van der Waals surface area (Å²) in [6.45, 7) is 2.43. The molecule has 7 nitrogen and oxygen atoms in total. The average molecular weight is 491 g/mol. The van der Waals surface area contributed by atoms with Gasteiger partial charge in [-0.15, -0.1) is 11.3 Å². The van der Waals surface area contributed by atoms with Crippen molar-refractivity contribution in [1.82, 2.24) is 14.3 Å². The molecule has 0 aliphatic carbocycles. The minimum Gasteiger partial charge on any atom is -0.302 e. The number of carbonyl (C=O) groups excluding carboxylic acids is 1. The van der Waals surface area contributed by atoms with Gasteiger partial charge in [0.05, 0.1) is 24.8 Å². The van der Waals surface area contributed by atoms with Crippen molar-refractivity contribution >= 4 is 64.2 Å². The van der Waals surface area contributed by atoms with E-state index in [0.29, 0.717) is 18.0 Å². The van der Waals surface area contributed by atoms with Gasteiger partial charge in [-0.3, -0.25) is 4.79 Å². The fourth-order valence-electron chi connectivity index (χ4n) is 3.86. The van der Waals surface area contributed by atoms with Crippen molar-refractivity contribution in [3.05, 3.63) is 47.2 Å². The molecule has 1 saturated heterocycles. The van der Waals surface area contributed by atoms with Crippen LogP contribution in [0.5, 0.6) is 0 Å². The first kappa shape index (κ1) is 21.4. The van der Waals surface area contributed by atoms with Gasteiger partial charge < -0.3 is 5.32 Å². The molecule has 1 aliphatic heterocycles. The number of amides is 1. The number of thiazole rings is 2. The first-order valence-corrected chi connectivity index (χ1v) is 13.1. The zero-order chi connectivity index (χ0) is 22.5. The molecule has 2 aromatic carbocycles. The molecule has 0 saturated carbocycles. The first-order valence-electron chi connectivity index (χ1n) is 10.0. The van der Waals surface area contributed by atoms with Crippen LogP contribution in [0.1, 0.15) is 17.8 Å². The van der Waals surface area contributed by atoms with Crippen LogP contribution in [0, 0.1) is 18.7 Å². The normalized spacial score (nSPS) is 16.1. The zero-order valence-corrected chi connectivity index (χ0v) is 19.5. The number of hydrogen-bond acceptors (Lipinski definition) is 7. The van der Waals surface area contributed by atoms with Crippen LogP contribution in [0.15, 0.2) is 41.3 Å². The maximum Gasteiger partial charge on any atom is 0.243 e. The highest BCUT2D eigenvalue weighted by molar-refractivity contribution is 7.89. The summed E-state index contributed by atoms with van der Waals surface area (Å²) in [7, 11) is -3.70. The summed E-state index contributed by atoms with van der Waals surface area (Å²) in [6, 6.07) is 8.71. The Hall–Kier alpha value is -2.47. The van der Waals surface area contributed by atoms with Gasteiger partial charge in [-0.1, -0.05) is 11.3 Å². The molecule has 1 aliphatic rings. The number of sulfonamides is 1. The Morgan fingerprint density at radius 1 is 1.09 bits per heavy atom. The van der Waals surface area contributed by atoms with Gasteiger partial charge in [0.25, 0.3) is 0 Å². The highest BCUT2D eigenvalue weighted by Crippen LogP contribution is 2.35. The van der Waals surface area contributed by atoms with Crippen LogP contribution in [0.4, 0.5) is 9.52 Å². The molecule has 2 aromatic heterocycles. The van der Waals surface area contributed by atoms with Crippen LogP contribution in [0.25, 0.3) is 20.4 Å². The highest BCUT2D eigenvalue weighted by atomic mass is 32.2. The monoisotopic (exact) mass is 490 g/mol. The molecular weight excluding hydrogens is 471 g/mol. The maximum absolute atomic E-state index is 13.1. The molecule has 1 N–H and O–H groups in total. The van der Waals surface area contributed by atoms with E-state index in [2.05, 4.69) is 15.3 Å². The summed E-state index contributed by atoms with van der Waals surface area (Å²) in [6.07, 6.45) is 0.819. The molecule has 0 atom stereocenters. The summed E-state index contributed by atoms with van der Waals surface area (Å²) in [5.41, 5.74) is 1.70. The number of carbonyl (C=O) groups is 1. The van der Waals surface area contributed by atoms with Gasteiger partial charge in [-0.05, 0) is 56.2 Å². The molecule has 11 heteroatoms. The van der Waals surface area contributed by atoms with Crippen LogP contribution < -0.4 is 5.32 Å². The number of nitrogens with one attached hydrogen (secondary N) is 1. The Bertz CT molecular complexity index is 1420. The van der Waals surface area contributed by atoms with Gasteiger partial charge in [0.1, 0.15) is 11.3 Å². The van der Waals surface area contributed by atoms with Gasteiger partial charge in [0, 0.05) is 19.0 Å². The number of nitrogens with zero attached hydrogens (tertiary/aromatic N) is 3. The molecule has 0 radical (unpaired) electrons. The van der Waals surface area contributed by atoms with Crippen LogP contribution in [0.3, 0.4) is 0 Å². The van der Waals surface area contributed by atoms with Crippen molar-refractivity contribution in [3.8, 4) is 0 Å². The van der Waals surface area contributed by atoms with E-state index in [4.69, 9.17) is 0 Å². The molecule has 32 heavy (non-hydrogen) atoms. The molecular formula is C21H19FN4O3S3. The van der Waals surface area contributed by atoms with E-state index in [-0.39, 0.29) is 29.8 Å². The second-order valence-corrected chi connectivity index (χ2v) is 11.8. The molecule has 0 spiro atoms. The van der Waals surface area contributed by atoms with Gasteiger partial charge in [-0.2, -0.15) is 4.31 Å². The average Bonchev–Trinajstić information content (AvgIpc) is 3.36. The highest BCUT2D eigenvalue weighted by Gasteiger charge is 2.32. The number of aryl methyl sites for hydroxylation is 1. The first-order chi connectivity index (χ1) is 15.3. The molecule has 4 aromatic rings. The standard InChI is InChI=1S/C21H19FN4O3S3/c1-12-23-18-17(30-12)7-6-16-19(18)31-21(24-16)25-20(27)13-8-10-26(11-9-13)32(28,29)15-4-2-14(22)3-5-15/h2-7,13H,8-11H2,1H3,(H,24,25,27). The number of aromatic nitrogens is 2. The summed E-state index contributed by atoms with van der Waals surface area (Å²) >= 11 is 3.02. The number of halogens is 1. The number of benzene rings is 2. The largest absolute Gasteiger partial charge is 0.302 e. The van der Waals surface area contributed by atoms with Crippen molar-refractivity contribution in [2.75, 3.05) is 18.4 Å². The molecule has 0 unspecified atom stereocenters. The lowest BCUT2D eigenvalue weighted by Gasteiger charge is -2.30. The second-order valence-electron chi connectivity index (χ2n) is 7.63. The summed E-state index contributed by atoms with van der Waals surface area (Å²) in [4.78, 5) is 22.0. The number of rotatable bonds is 4. The third kappa shape index (κ3) is 3.90. The quantitative estimate of drug-likeness (QED) is 0.458. The fraction of sp³-hybridized carbons (Fsp3) is 0.286. The van der Waals surface area contributed by atoms with E-state index in [0.717, 1.165) is 37.6 Å². The van der Waals surface area contributed by atoms with Crippen LogP contribution >= 0.6 is 22.7 Å². The van der Waals surface area contributed by atoms with Gasteiger partial charge >= 0.3 is 0 Å². The van der Waals surface area contributed by atoms with E-state index in [9.17, 15) is 17.6 Å². The van der Waals surface area contributed by atoms with Gasteiger partial charge in [-0.25, -0.2) is 22.8 Å². The minimum absolute atomic E-state index is 0.0554. The molecule has 5 rings (SSSR count). The SMILES string of the molecule is Cc1nc2c(ccc3nc(NC(=O)C4CCN(S(=O)(=O)c5ccc(F)cc5)CC4)sc32)s1. The Labute approximate surface area is 192 Å². The minimum atomic E-state index is -3.70. The third-order valence-corrected chi connectivity index (χ3v) is 9.37. The van der Waals surface area contributed by atoms with Crippen LogP contribution in [-0.4, -0.2) is 41.7 Å². The number of hydrogen-bond donors (Lipinski definition) is 1. The summed E-state index contributed by atoms with van der Waals surface area (Å²) < 4.78 is 42.0.